The SMILES string of the molecule is COc1ccc(Cl)cc1N1CCN(Cc2cccc(C(=O)N[C@@H](C)c3ccccc3)c2)CC1. The van der Waals surface area contributed by atoms with E-state index in [1.54, 1.807) is 7.11 Å². The molecule has 0 aliphatic carbocycles. The molecule has 1 fully saturated rings. The Bertz CT molecular complexity index is 1080. The van der Waals surface area contributed by atoms with Gasteiger partial charge >= 0.3 is 0 Å². The molecule has 33 heavy (non-hydrogen) atoms. The van der Waals surface area contributed by atoms with E-state index < -0.39 is 0 Å². The zero-order chi connectivity index (χ0) is 23.2. The number of piperazine rings is 1. The van der Waals surface area contributed by atoms with Crippen molar-refractivity contribution < 1.29 is 9.53 Å². The monoisotopic (exact) mass is 463 g/mol. The van der Waals surface area contributed by atoms with Gasteiger partial charge in [-0.1, -0.05) is 54.1 Å². The van der Waals surface area contributed by atoms with E-state index in [9.17, 15) is 4.79 Å². The average molecular weight is 464 g/mol. The maximum absolute atomic E-state index is 12.8. The number of halogens is 1. The molecule has 6 heteroatoms. The molecule has 172 valence electrons. The molecule has 0 spiro atoms. The molecule has 5 nitrogen and oxygen atoms in total. The van der Waals surface area contributed by atoms with E-state index in [-0.39, 0.29) is 11.9 Å². The maximum atomic E-state index is 12.8. The van der Waals surface area contributed by atoms with Gasteiger partial charge in [0.05, 0.1) is 18.8 Å². The number of nitrogens with one attached hydrogen (secondary N) is 1. The minimum Gasteiger partial charge on any atom is -0.495 e. The molecule has 1 saturated heterocycles. The number of nitrogens with zero attached hydrogens (tertiary/aromatic N) is 2. The van der Waals surface area contributed by atoms with Crippen LogP contribution >= 0.6 is 11.6 Å². The van der Waals surface area contributed by atoms with Gasteiger partial charge in [-0.05, 0) is 48.4 Å². The highest BCUT2D eigenvalue weighted by Gasteiger charge is 2.20. The summed E-state index contributed by atoms with van der Waals surface area (Å²) in [5, 5.41) is 3.81. The topological polar surface area (TPSA) is 44.8 Å². The molecule has 0 radical (unpaired) electrons. The summed E-state index contributed by atoms with van der Waals surface area (Å²) in [6, 6.07) is 23.6. The number of methoxy groups -OCH3 is 1. The van der Waals surface area contributed by atoms with Gasteiger partial charge in [0, 0.05) is 43.3 Å². The lowest BCUT2D eigenvalue weighted by Gasteiger charge is -2.36. The van der Waals surface area contributed by atoms with Crippen molar-refractivity contribution in [2.45, 2.75) is 19.5 Å². The maximum Gasteiger partial charge on any atom is 0.251 e. The molecule has 0 saturated carbocycles. The molecule has 1 aliphatic heterocycles. The predicted molar refractivity (Wildman–Crippen MR) is 134 cm³/mol. The number of ether oxygens (including phenoxy) is 1. The van der Waals surface area contributed by atoms with Crippen LogP contribution in [0.25, 0.3) is 0 Å². The summed E-state index contributed by atoms with van der Waals surface area (Å²) in [5.74, 6) is 0.794. The van der Waals surface area contributed by atoms with Gasteiger partial charge in [0.25, 0.3) is 5.91 Å². The van der Waals surface area contributed by atoms with Crippen molar-refractivity contribution in [1.29, 1.82) is 0 Å². The highest BCUT2D eigenvalue weighted by molar-refractivity contribution is 6.30. The summed E-state index contributed by atoms with van der Waals surface area (Å²) in [6.07, 6.45) is 0. The molecule has 3 aromatic carbocycles. The highest BCUT2D eigenvalue weighted by atomic mass is 35.5. The fourth-order valence-electron chi connectivity index (χ4n) is 4.23. The molecule has 0 aromatic heterocycles. The van der Waals surface area contributed by atoms with Crippen molar-refractivity contribution in [2.24, 2.45) is 0 Å². The third-order valence-electron chi connectivity index (χ3n) is 6.10. The van der Waals surface area contributed by atoms with E-state index in [4.69, 9.17) is 16.3 Å². The Morgan fingerprint density at radius 2 is 1.76 bits per heavy atom. The molecule has 1 aliphatic rings. The molecule has 0 unspecified atom stereocenters. The molecule has 3 aromatic rings. The summed E-state index contributed by atoms with van der Waals surface area (Å²) in [4.78, 5) is 17.5. The van der Waals surface area contributed by atoms with Crippen molar-refractivity contribution in [3.05, 3.63) is 94.5 Å². The Hall–Kier alpha value is -3.02. The Kier molecular flexibility index (Phi) is 7.53. The quantitative estimate of drug-likeness (QED) is 0.525. The molecule has 1 heterocycles. The number of anilines is 1. The highest BCUT2D eigenvalue weighted by Crippen LogP contribution is 2.32. The Morgan fingerprint density at radius 3 is 2.48 bits per heavy atom. The van der Waals surface area contributed by atoms with Crippen LogP contribution in [0.5, 0.6) is 5.75 Å². The fraction of sp³-hybridized carbons (Fsp3) is 0.296. The third-order valence-corrected chi connectivity index (χ3v) is 6.33. The van der Waals surface area contributed by atoms with Crippen molar-refractivity contribution in [3.63, 3.8) is 0 Å². The standard InChI is InChI=1S/C27H30ClN3O2/c1-20(22-8-4-3-5-9-22)29-27(32)23-10-6-7-21(17-23)19-30-13-15-31(16-14-30)25-18-24(28)11-12-26(25)33-2/h3-12,17-18,20H,13-16,19H2,1-2H3,(H,29,32)/t20-/m0/s1. The smallest absolute Gasteiger partial charge is 0.251 e. The second-order valence-electron chi connectivity index (χ2n) is 8.39. The van der Waals surface area contributed by atoms with Crippen molar-refractivity contribution in [2.75, 3.05) is 38.2 Å². The summed E-state index contributed by atoms with van der Waals surface area (Å²) >= 11 is 6.21. The van der Waals surface area contributed by atoms with Crippen molar-refractivity contribution >= 4 is 23.2 Å². The first kappa shape index (κ1) is 23.1. The van der Waals surface area contributed by atoms with E-state index in [2.05, 4.69) is 21.2 Å². The third kappa shape index (κ3) is 5.86. The average Bonchev–Trinajstić information content (AvgIpc) is 2.85. The summed E-state index contributed by atoms with van der Waals surface area (Å²) < 4.78 is 5.52. The molecule has 0 bridgehead atoms. The van der Waals surface area contributed by atoms with Crippen LogP contribution in [0.2, 0.25) is 5.02 Å². The Labute approximate surface area is 200 Å². The molecule has 4 rings (SSSR count). The molecular formula is C27H30ClN3O2. The number of rotatable bonds is 7. The van der Waals surface area contributed by atoms with Crippen LogP contribution in [0.3, 0.4) is 0 Å². The molecule has 1 atom stereocenters. The Balaban J connectivity index is 1.35. The number of carbonyl (C=O) groups is 1. The van der Waals surface area contributed by atoms with E-state index in [0.29, 0.717) is 10.6 Å². The number of amides is 1. The van der Waals surface area contributed by atoms with Crippen LogP contribution in [-0.2, 0) is 6.54 Å². The normalized spacial score (nSPS) is 15.2. The largest absolute Gasteiger partial charge is 0.495 e. The zero-order valence-electron chi connectivity index (χ0n) is 19.1. The summed E-state index contributed by atoms with van der Waals surface area (Å²) in [6.45, 7) is 6.46. The lowest BCUT2D eigenvalue weighted by Crippen LogP contribution is -2.46. The fourth-order valence-corrected chi connectivity index (χ4v) is 4.40. The van der Waals surface area contributed by atoms with Crippen molar-refractivity contribution in [3.8, 4) is 5.75 Å². The van der Waals surface area contributed by atoms with Gasteiger partial charge in [0.15, 0.2) is 0 Å². The molecule has 1 amide bonds. The van der Waals surface area contributed by atoms with E-state index >= 15 is 0 Å². The van der Waals surface area contributed by atoms with Crippen LogP contribution in [0.15, 0.2) is 72.8 Å². The lowest BCUT2D eigenvalue weighted by atomic mass is 10.1. The van der Waals surface area contributed by atoms with Crippen LogP contribution in [0.1, 0.15) is 34.5 Å². The van der Waals surface area contributed by atoms with Gasteiger partial charge in [0.2, 0.25) is 0 Å². The van der Waals surface area contributed by atoms with Crippen LogP contribution < -0.4 is 15.0 Å². The second-order valence-corrected chi connectivity index (χ2v) is 8.82. The van der Waals surface area contributed by atoms with E-state index in [0.717, 1.165) is 55.3 Å². The van der Waals surface area contributed by atoms with Crippen LogP contribution in [0, 0.1) is 0 Å². The first-order valence-electron chi connectivity index (χ1n) is 11.3. The predicted octanol–water partition coefficient (Wildman–Crippen LogP) is 5.16. The number of benzene rings is 3. The summed E-state index contributed by atoms with van der Waals surface area (Å²) in [5.41, 5.74) is 3.97. The van der Waals surface area contributed by atoms with Gasteiger partial charge < -0.3 is 15.0 Å². The van der Waals surface area contributed by atoms with Gasteiger partial charge in [-0.2, -0.15) is 0 Å². The minimum absolute atomic E-state index is 0.0427. The molecular weight excluding hydrogens is 434 g/mol. The molecule has 1 N–H and O–H groups in total. The Morgan fingerprint density at radius 1 is 1.00 bits per heavy atom. The number of carbonyl (C=O) groups excluding carboxylic acids is 1. The van der Waals surface area contributed by atoms with E-state index in [1.807, 2.05) is 73.7 Å². The van der Waals surface area contributed by atoms with Gasteiger partial charge in [-0.15, -0.1) is 0 Å². The number of hydrogen-bond donors (Lipinski definition) is 1. The second kappa shape index (κ2) is 10.7. The van der Waals surface area contributed by atoms with Crippen LogP contribution in [-0.4, -0.2) is 44.1 Å². The zero-order valence-corrected chi connectivity index (χ0v) is 19.9. The first-order chi connectivity index (χ1) is 16.0. The van der Waals surface area contributed by atoms with Gasteiger partial charge in [0.1, 0.15) is 5.75 Å². The van der Waals surface area contributed by atoms with Gasteiger partial charge in [-0.3, -0.25) is 9.69 Å². The number of hydrogen-bond acceptors (Lipinski definition) is 4. The first-order valence-corrected chi connectivity index (χ1v) is 11.7. The van der Waals surface area contributed by atoms with Gasteiger partial charge in [-0.25, -0.2) is 0 Å². The summed E-state index contributed by atoms with van der Waals surface area (Å²) in [7, 11) is 1.69. The minimum atomic E-state index is -0.0499. The van der Waals surface area contributed by atoms with Crippen molar-refractivity contribution in [1.82, 2.24) is 10.2 Å². The van der Waals surface area contributed by atoms with E-state index in [1.165, 1.54) is 0 Å². The lowest BCUT2D eigenvalue weighted by molar-refractivity contribution is 0.0939. The van der Waals surface area contributed by atoms with Crippen LogP contribution in [0.4, 0.5) is 5.69 Å².